The second-order valence-electron chi connectivity index (χ2n) is 7.61. The Hall–Kier alpha value is -2.16. The van der Waals surface area contributed by atoms with Crippen LogP contribution in [0.25, 0.3) is 21.8 Å². The average Bonchev–Trinajstić information content (AvgIpc) is 2.82. The summed E-state index contributed by atoms with van der Waals surface area (Å²) in [5, 5.41) is 1.71. The number of benzene rings is 2. The summed E-state index contributed by atoms with van der Waals surface area (Å²) in [6.45, 7) is 8.45. The number of fused-ring (bicyclic) bond motifs is 5. The van der Waals surface area contributed by atoms with Gasteiger partial charge in [-0.2, -0.15) is 0 Å². The monoisotopic (exact) mass is 309 g/mol. The summed E-state index contributed by atoms with van der Waals surface area (Å²) in [7, 11) is 0. The Morgan fingerprint density at radius 2 is 1.87 bits per heavy atom. The van der Waals surface area contributed by atoms with Crippen molar-refractivity contribution in [3.8, 4) is 0 Å². The van der Waals surface area contributed by atoms with E-state index in [1.165, 1.54) is 17.7 Å². The number of rotatable bonds is 0. The molecular formula is C20H20FNO. The van der Waals surface area contributed by atoms with Gasteiger partial charge in [0.25, 0.3) is 0 Å². The molecule has 2 nitrogen and oxygen atoms in total. The van der Waals surface area contributed by atoms with E-state index >= 15 is 0 Å². The summed E-state index contributed by atoms with van der Waals surface area (Å²) < 4.78 is 13.8. The van der Waals surface area contributed by atoms with Gasteiger partial charge in [0.15, 0.2) is 5.78 Å². The van der Waals surface area contributed by atoms with Crippen LogP contribution >= 0.6 is 0 Å². The molecule has 23 heavy (non-hydrogen) atoms. The Balaban J connectivity index is 2.23. The molecule has 0 amide bonds. The largest absolute Gasteiger partial charge is 0.354 e. The van der Waals surface area contributed by atoms with Gasteiger partial charge in [0.1, 0.15) is 5.82 Å². The maximum Gasteiger partial charge on any atom is 0.164 e. The van der Waals surface area contributed by atoms with E-state index in [9.17, 15) is 9.18 Å². The van der Waals surface area contributed by atoms with Crippen LogP contribution in [0.1, 0.15) is 47.3 Å². The van der Waals surface area contributed by atoms with Crippen LogP contribution in [0.2, 0.25) is 0 Å². The Morgan fingerprint density at radius 3 is 2.61 bits per heavy atom. The third-order valence-corrected chi connectivity index (χ3v) is 5.28. The van der Waals surface area contributed by atoms with Crippen LogP contribution in [-0.2, 0) is 6.42 Å². The van der Waals surface area contributed by atoms with E-state index in [0.717, 1.165) is 44.9 Å². The van der Waals surface area contributed by atoms with E-state index < -0.39 is 0 Å². The smallest absolute Gasteiger partial charge is 0.164 e. The quantitative estimate of drug-likeness (QED) is 0.606. The minimum atomic E-state index is -0.269. The maximum absolute atomic E-state index is 13.8. The van der Waals surface area contributed by atoms with E-state index in [-0.39, 0.29) is 17.0 Å². The van der Waals surface area contributed by atoms with Crippen LogP contribution < -0.4 is 0 Å². The van der Waals surface area contributed by atoms with Crippen molar-refractivity contribution < 1.29 is 9.18 Å². The molecule has 118 valence electrons. The number of aryl methyl sites for hydroxylation is 1. The van der Waals surface area contributed by atoms with Crippen LogP contribution in [0.5, 0.6) is 0 Å². The molecule has 0 fully saturated rings. The first-order valence-corrected chi connectivity index (χ1v) is 8.05. The zero-order valence-electron chi connectivity index (χ0n) is 13.9. The third kappa shape index (κ3) is 1.95. The van der Waals surface area contributed by atoms with Crippen molar-refractivity contribution in [2.45, 2.75) is 40.5 Å². The van der Waals surface area contributed by atoms with Gasteiger partial charge in [-0.05, 0) is 60.6 Å². The van der Waals surface area contributed by atoms with E-state index in [4.69, 9.17) is 0 Å². The number of Topliss-reactive ketones (excluding diaryl/α,β-unsaturated/α-hetero) is 1. The van der Waals surface area contributed by atoms with Crippen molar-refractivity contribution in [3.05, 3.63) is 46.3 Å². The van der Waals surface area contributed by atoms with Gasteiger partial charge in [-0.1, -0.05) is 13.8 Å². The minimum absolute atomic E-state index is 0.0215. The average molecular weight is 309 g/mol. The zero-order chi connectivity index (χ0) is 16.5. The lowest BCUT2D eigenvalue weighted by Gasteiger charge is -2.32. The Labute approximate surface area is 134 Å². The molecule has 2 aromatic carbocycles. The van der Waals surface area contributed by atoms with E-state index in [1.54, 1.807) is 6.07 Å². The number of aromatic nitrogens is 1. The predicted molar refractivity (Wildman–Crippen MR) is 91.7 cm³/mol. The third-order valence-electron chi connectivity index (χ3n) is 5.28. The van der Waals surface area contributed by atoms with Crippen LogP contribution in [0, 0.1) is 25.1 Å². The maximum atomic E-state index is 13.8. The van der Waals surface area contributed by atoms with Gasteiger partial charge >= 0.3 is 0 Å². The van der Waals surface area contributed by atoms with Crippen molar-refractivity contribution in [1.82, 2.24) is 4.98 Å². The van der Waals surface area contributed by atoms with E-state index in [0.29, 0.717) is 6.42 Å². The predicted octanol–water partition coefficient (Wildman–Crippen LogP) is 5.23. The highest BCUT2D eigenvalue weighted by atomic mass is 19.1. The van der Waals surface area contributed by atoms with Crippen LogP contribution in [0.3, 0.4) is 0 Å². The minimum Gasteiger partial charge on any atom is -0.354 e. The molecule has 0 radical (unpaired) electrons. The molecule has 0 saturated carbocycles. The van der Waals surface area contributed by atoms with Crippen molar-refractivity contribution in [2.24, 2.45) is 5.41 Å². The molecule has 1 heterocycles. The Morgan fingerprint density at radius 1 is 1.13 bits per heavy atom. The summed E-state index contributed by atoms with van der Waals surface area (Å²) in [6.07, 6.45) is 1.43. The lowest BCUT2D eigenvalue weighted by molar-refractivity contribution is 0.0914. The summed E-state index contributed by atoms with van der Waals surface area (Å²) in [6, 6.07) is 4.75. The van der Waals surface area contributed by atoms with Gasteiger partial charge in [0.05, 0.1) is 5.52 Å². The second kappa shape index (κ2) is 4.44. The number of carbonyl (C=O) groups is 1. The van der Waals surface area contributed by atoms with E-state index in [1.807, 2.05) is 0 Å². The fraction of sp³-hybridized carbons (Fsp3) is 0.350. The molecule has 3 aromatic rings. The number of nitrogens with one attached hydrogen (secondary N) is 1. The van der Waals surface area contributed by atoms with Gasteiger partial charge in [-0.25, -0.2) is 4.39 Å². The highest BCUT2D eigenvalue weighted by Gasteiger charge is 2.34. The number of H-pyrrole nitrogens is 1. The van der Waals surface area contributed by atoms with Crippen molar-refractivity contribution in [2.75, 3.05) is 0 Å². The highest BCUT2D eigenvalue weighted by molar-refractivity contribution is 6.20. The Kier molecular flexibility index (Phi) is 2.78. The number of halogens is 1. The molecule has 0 aliphatic heterocycles. The molecule has 0 atom stereocenters. The van der Waals surface area contributed by atoms with Crippen molar-refractivity contribution in [3.63, 3.8) is 0 Å². The highest BCUT2D eigenvalue weighted by Crippen LogP contribution is 2.43. The summed E-state index contributed by atoms with van der Waals surface area (Å²) >= 11 is 0. The SMILES string of the molecule is Cc1c2c(c3c([nH]c4ccc(F)cc43)c1C)C(=O)CC(C)(C)C2. The topological polar surface area (TPSA) is 32.9 Å². The first kappa shape index (κ1) is 14.4. The fourth-order valence-electron chi connectivity index (χ4n) is 4.05. The Bertz CT molecular complexity index is 994. The number of aromatic amines is 1. The van der Waals surface area contributed by atoms with Gasteiger partial charge in [-0.15, -0.1) is 0 Å². The van der Waals surface area contributed by atoms with Gasteiger partial charge < -0.3 is 4.98 Å². The second-order valence-corrected chi connectivity index (χ2v) is 7.61. The fourth-order valence-corrected chi connectivity index (χ4v) is 4.05. The van der Waals surface area contributed by atoms with E-state index in [2.05, 4.69) is 32.7 Å². The van der Waals surface area contributed by atoms with Gasteiger partial charge in [0.2, 0.25) is 0 Å². The molecule has 0 saturated heterocycles. The zero-order valence-corrected chi connectivity index (χ0v) is 13.9. The molecule has 1 N–H and O–H groups in total. The van der Waals surface area contributed by atoms with Crippen LogP contribution in [0.4, 0.5) is 4.39 Å². The summed E-state index contributed by atoms with van der Waals surface area (Å²) in [5.74, 6) is -0.0940. The molecule has 0 spiro atoms. The number of carbonyl (C=O) groups excluding carboxylic acids is 1. The van der Waals surface area contributed by atoms with Crippen molar-refractivity contribution in [1.29, 1.82) is 0 Å². The summed E-state index contributed by atoms with van der Waals surface area (Å²) in [5.41, 5.74) is 6.11. The summed E-state index contributed by atoms with van der Waals surface area (Å²) in [4.78, 5) is 16.3. The van der Waals surface area contributed by atoms with Gasteiger partial charge in [-0.3, -0.25) is 4.79 Å². The number of ketones is 1. The lowest BCUT2D eigenvalue weighted by atomic mass is 9.71. The van der Waals surface area contributed by atoms with Gasteiger partial charge in [0, 0.05) is 28.3 Å². The normalized spacial score (nSPS) is 17.0. The molecular weight excluding hydrogens is 289 g/mol. The molecule has 1 aliphatic rings. The number of hydrogen-bond acceptors (Lipinski definition) is 1. The molecule has 1 aromatic heterocycles. The molecule has 4 rings (SSSR count). The first-order valence-electron chi connectivity index (χ1n) is 8.05. The van der Waals surface area contributed by atoms with Crippen molar-refractivity contribution >= 4 is 27.6 Å². The lowest BCUT2D eigenvalue weighted by Crippen LogP contribution is -2.28. The number of hydrogen-bond donors (Lipinski definition) is 1. The first-order chi connectivity index (χ1) is 10.8. The standard InChI is InChI=1S/C20H20FNO/c1-10-11(2)19-18(13-7-12(21)5-6-15(13)22-19)17-14(10)8-20(3,4)9-16(17)23/h5-7,22H,8-9H2,1-4H3. The molecule has 3 heteroatoms. The molecule has 1 aliphatic carbocycles. The molecule has 0 bridgehead atoms. The van der Waals surface area contributed by atoms with Crippen LogP contribution in [-0.4, -0.2) is 10.8 Å². The molecule has 0 unspecified atom stereocenters. The van der Waals surface area contributed by atoms with Crippen LogP contribution in [0.15, 0.2) is 18.2 Å².